The number of nitrogens with two attached hydrogens (primary N) is 1. The molecule has 0 aromatic heterocycles. The lowest BCUT2D eigenvalue weighted by Gasteiger charge is -1.98. The summed E-state index contributed by atoms with van der Waals surface area (Å²) in [5.41, 5.74) is 15.2. The SMILES string of the molecule is [N-]=[N+]=NCCC=Cc1ccc(Cl)c(N)c1. The van der Waals surface area contributed by atoms with Gasteiger partial charge in [-0.3, -0.25) is 0 Å². The first-order valence-corrected chi connectivity index (χ1v) is 4.84. The Hall–Kier alpha value is -1.64. The fourth-order valence-corrected chi connectivity index (χ4v) is 1.18. The van der Waals surface area contributed by atoms with E-state index in [2.05, 4.69) is 10.0 Å². The van der Waals surface area contributed by atoms with E-state index in [0.29, 0.717) is 23.7 Å². The topological polar surface area (TPSA) is 74.8 Å². The molecule has 0 bridgehead atoms. The number of rotatable bonds is 4. The molecule has 0 aliphatic heterocycles. The van der Waals surface area contributed by atoms with Crippen LogP contribution < -0.4 is 5.73 Å². The molecule has 1 rings (SSSR count). The zero-order valence-electron chi connectivity index (χ0n) is 8.10. The molecule has 0 atom stereocenters. The molecule has 0 unspecified atom stereocenters. The second-order valence-electron chi connectivity index (χ2n) is 2.93. The van der Waals surface area contributed by atoms with Crippen LogP contribution in [0.15, 0.2) is 29.4 Å². The fraction of sp³-hybridized carbons (Fsp3) is 0.200. The molecule has 2 N–H and O–H groups in total. The summed E-state index contributed by atoms with van der Waals surface area (Å²) in [5.74, 6) is 0. The van der Waals surface area contributed by atoms with Gasteiger partial charge in [0.05, 0.1) is 10.7 Å². The molecule has 1 aromatic carbocycles. The first-order chi connectivity index (χ1) is 7.24. The molecule has 15 heavy (non-hydrogen) atoms. The van der Waals surface area contributed by atoms with Crippen LogP contribution >= 0.6 is 11.6 Å². The van der Waals surface area contributed by atoms with Gasteiger partial charge < -0.3 is 5.73 Å². The Bertz CT molecular complexity index is 408. The molecule has 78 valence electrons. The highest BCUT2D eigenvalue weighted by atomic mass is 35.5. The van der Waals surface area contributed by atoms with Gasteiger partial charge in [0.1, 0.15) is 0 Å². The third-order valence-corrected chi connectivity index (χ3v) is 2.13. The van der Waals surface area contributed by atoms with Gasteiger partial charge in [-0.25, -0.2) is 0 Å². The number of benzene rings is 1. The summed E-state index contributed by atoms with van der Waals surface area (Å²) in [4.78, 5) is 2.66. The molecule has 0 fully saturated rings. The molecule has 0 aliphatic carbocycles. The van der Waals surface area contributed by atoms with E-state index in [1.165, 1.54) is 0 Å². The summed E-state index contributed by atoms with van der Waals surface area (Å²) < 4.78 is 0. The van der Waals surface area contributed by atoms with Crippen molar-refractivity contribution in [1.82, 2.24) is 0 Å². The first kappa shape index (κ1) is 11.4. The van der Waals surface area contributed by atoms with Gasteiger partial charge in [0.25, 0.3) is 0 Å². The third-order valence-electron chi connectivity index (χ3n) is 1.79. The maximum absolute atomic E-state index is 8.05. The second kappa shape index (κ2) is 5.96. The van der Waals surface area contributed by atoms with Crippen LogP contribution in [-0.4, -0.2) is 6.54 Å². The molecule has 5 heteroatoms. The van der Waals surface area contributed by atoms with Crippen LogP contribution in [0.4, 0.5) is 5.69 Å². The van der Waals surface area contributed by atoms with Crippen molar-refractivity contribution in [1.29, 1.82) is 0 Å². The highest BCUT2D eigenvalue weighted by Gasteiger charge is 1.94. The summed E-state index contributed by atoms with van der Waals surface area (Å²) in [5, 5.41) is 3.97. The molecule has 0 radical (unpaired) electrons. The molecule has 0 aliphatic rings. The standard InChI is InChI=1S/C10H11ClN4/c11-9-5-4-8(7-10(9)12)3-1-2-6-14-15-13/h1,3-5,7H,2,6,12H2. The maximum atomic E-state index is 8.05. The lowest BCUT2D eigenvalue weighted by Crippen LogP contribution is -1.86. The predicted octanol–water partition coefficient (Wildman–Crippen LogP) is 3.64. The monoisotopic (exact) mass is 222 g/mol. The normalized spacial score (nSPS) is 10.2. The second-order valence-corrected chi connectivity index (χ2v) is 3.33. The van der Waals surface area contributed by atoms with Gasteiger partial charge in [-0.1, -0.05) is 34.9 Å². The number of anilines is 1. The average molecular weight is 223 g/mol. The Balaban J connectivity index is 2.56. The van der Waals surface area contributed by atoms with Gasteiger partial charge in [0, 0.05) is 11.5 Å². The minimum atomic E-state index is 0.468. The molecule has 4 nitrogen and oxygen atoms in total. The number of nitrogens with zero attached hydrogens (tertiary/aromatic N) is 3. The minimum absolute atomic E-state index is 0.468. The van der Waals surface area contributed by atoms with E-state index < -0.39 is 0 Å². The molecular weight excluding hydrogens is 212 g/mol. The van der Waals surface area contributed by atoms with Gasteiger partial charge in [-0.05, 0) is 29.6 Å². The van der Waals surface area contributed by atoms with Crippen LogP contribution in [-0.2, 0) is 0 Å². The molecule has 0 saturated heterocycles. The summed E-state index contributed by atoms with van der Waals surface area (Å²) in [6.45, 7) is 0.468. The van der Waals surface area contributed by atoms with Gasteiger partial charge in [-0.15, -0.1) is 0 Å². The highest BCUT2D eigenvalue weighted by molar-refractivity contribution is 6.33. The van der Waals surface area contributed by atoms with Crippen molar-refractivity contribution in [2.75, 3.05) is 12.3 Å². The van der Waals surface area contributed by atoms with Gasteiger partial charge in [-0.2, -0.15) is 0 Å². The Morgan fingerprint density at radius 2 is 2.33 bits per heavy atom. The van der Waals surface area contributed by atoms with Gasteiger partial charge in [0.2, 0.25) is 0 Å². The smallest absolute Gasteiger partial charge is 0.0635 e. The van der Waals surface area contributed by atoms with E-state index >= 15 is 0 Å². The van der Waals surface area contributed by atoms with Gasteiger partial charge >= 0.3 is 0 Å². The largest absolute Gasteiger partial charge is 0.398 e. The molecule has 0 amide bonds. The quantitative estimate of drug-likeness (QED) is 0.273. The molecule has 1 aromatic rings. The van der Waals surface area contributed by atoms with E-state index in [-0.39, 0.29) is 0 Å². The number of halogens is 1. The zero-order chi connectivity index (χ0) is 11.1. The summed E-state index contributed by atoms with van der Waals surface area (Å²) in [7, 11) is 0. The molecule has 0 heterocycles. The Kier molecular flexibility index (Phi) is 4.54. The van der Waals surface area contributed by atoms with Crippen molar-refractivity contribution >= 4 is 23.4 Å². The number of azide groups is 1. The van der Waals surface area contributed by atoms with Crippen molar-refractivity contribution < 1.29 is 0 Å². The Labute approximate surface area is 93.0 Å². The van der Waals surface area contributed by atoms with Crippen molar-refractivity contribution in [3.8, 4) is 0 Å². The summed E-state index contributed by atoms with van der Waals surface area (Å²) in [6.07, 6.45) is 4.56. The highest BCUT2D eigenvalue weighted by Crippen LogP contribution is 2.20. The van der Waals surface area contributed by atoms with Crippen molar-refractivity contribution in [3.05, 3.63) is 45.3 Å². The average Bonchev–Trinajstić information content (AvgIpc) is 2.23. The van der Waals surface area contributed by atoms with Crippen LogP contribution in [0.2, 0.25) is 5.02 Å². The van der Waals surface area contributed by atoms with Crippen molar-refractivity contribution in [3.63, 3.8) is 0 Å². The summed E-state index contributed by atoms with van der Waals surface area (Å²) in [6, 6.07) is 5.43. The third kappa shape index (κ3) is 3.94. The lowest BCUT2D eigenvalue weighted by atomic mass is 10.2. The van der Waals surface area contributed by atoms with Crippen LogP contribution in [0.3, 0.4) is 0 Å². The van der Waals surface area contributed by atoms with Crippen molar-refractivity contribution in [2.24, 2.45) is 5.11 Å². The summed E-state index contributed by atoms with van der Waals surface area (Å²) >= 11 is 5.78. The Morgan fingerprint density at radius 1 is 1.53 bits per heavy atom. The van der Waals surface area contributed by atoms with Gasteiger partial charge in [0.15, 0.2) is 0 Å². The minimum Gasteiger partial charge on any atom is -0.398 e. The van der Waals surface area contributed by atoms with E-state index in [1.807, 2.05) is 18.2 Å². The van der Waals surface area contributed by atoms with Crippen LogP contribution in [0.25, 0.3) is 16.5 Å². The number of hydrogen-bond donors (Lipinski definition) is 1. The molecular formula is C10H11ClN4. The van der Waals surface area contributed by atoms with Crippen LogP contribution in [0.5, 0.6) is 0 Å². The molecule has 0 spiro atoms. The maximum Gasteiger partial charge on any atom is 0.0635 e. The van der Waals surface area contributed by atoms with E-state index in [1.54, 1.807) is 12.1 Å². The van der Waals surface area contributed by atoms with Crippen LogP contribution in [0, 0.1) is 0 Å². The van der Waals surface area contributed by atoms with E-state index in [4.69, 9.17) is 22.9 Å². The van der Waals surface area contributed by atoms with Crippen molar-refractivity contribution in [2.45, 2.75) is 6.42 Å². The first-order valence-electron chi connectivity index (χ1n) is 4.46. The lowest BCUT2D eigenvalue weighted by molar-refractivity contribution is 0.996. The van der Waals surface area contributed by atoms with E-state index in [0.717, 1.165) is 5.56 Å². The fourth-order valence-electron chi connectivity index (χ4n) is 1.06. The molecule has 0 saturated carbocycles. The predicted molar refractivity (Wildman–Crippen MR) is 63.5 cm³/mol. The van der Waals surface area contributed by atoms with Crippen LogP contribution in [0.1, 0.15) is 12.0 Å². The van der Waals surface area contributed by atoms with E-state index in [9.17, 15) is 0 Å². The number of hydrogen-bond acceptors (Lipinski definition) is 2. The zero-order valence-corrected chi connectivity index (χ0v) is 8.85. The number of nitrogen functional groups attached to an aromatic ring is 1. The Morgan fingerprint density at radius 3 is 3.00 bits per heavy atom.